The Morgan fingerprint density at radius 2 is 1.94 bits per heavy atom. The Bertz CT molecular complexity index is 311. The molecule has 2 heteroatoms. The third-order valence-corrected chi connectivity index (χ3v) is 5.15. The van der Waals surface area contributed by atoms with Crippen LogP contribution in [0.15, 0.2) is 11.3 Å². The Hall–Kier alpha value is -0.373. The average Bonchev–Trinajstić information content (AvgIpc) is 2.45. The van der Waals surface area contributed by atoms with E-state index in [1.807, 2.05) is 0 Å². The van der Waals surface area contributed by atoms with Crippen molar-refractivity contribution in [2.24, 2.45) is 11.8 Å². The zero-order chi connectivity index (χ0) is 11.8. The van der Waals surface area contributed by atoms with Crippen LogP contribution in [0.5, 0.6) is 0 Å². The summed E-state index contributed by atoms with van der Waals surface area (Å²) in [5, 5.41) is 0. The molecule has 2 saturated carbocycles. The van der Waals surface area contributed by atoms with E-state index in [4.69, 9.17) is 0 Å². The van der Waals surface area contributed by atoms with Crippen molar-refractivity contribution in [3.63, 3.8) is 0 Å². The Labute approximate surface area is 100 Å². The van der Waals surface area contributed by atoms with Crippen molar-refractivity contribution in [3.8, 4) is 0 Å². The van der Waals surface area contributed by atoms with Gasteiger partial charge in [0.2, 0.25) is 0 Å². The summed E-state index contributed by atoms with van der Waals surface area (Å²) in [4.78, 5) is 12.0. The van der Waals surface area contributed by atoms with E-state index >= 15 is 0 Å². The molecule has 2 unspecified atom stereocenters. The number of hydrogen-bond acceptors (Lipinski definition) is 1. The van der Waals surface area contributed by atoms with Gasteiger partial charge < -0.3 is 0 Å². The molecule has 2 atom stereocenters. The fraction of sp³-hybridized carbons (Fsp3) is 0.786. The molecule has 0 aromatic carbocycles. The van der Waals surface area contributed by atoms with Gasteiger partial charge in [0, 0.05) is 12.3 Å². The zero-order valence-corrected chi connectivity index (χ0v) is 11.9. The number of rotatable bonds is 1. The summed E-state index contributed by atoms with van der Waals surface area (Å²) in [6.45, 7) is 7.15. The van der Waals surface area contributed by atoms with Crippen molar-refractivity contribution in [2.45, 2.75) is 58.2 Å². The van der Waals surface area contributed by atoms with E-state index in [1.54, 1.807) is 5.57 Å². The quantitative estimate of drug-likeness (QED) is 0.630. The van der Waals surface area contributed by atoms with Gasteiger partial charge in [-0.25, -0.2) is 0 Å². The van der Waals surface area contributed by atoms with Gasteiger partial charge in [-0.05, 0) is 31.6 Å². The second-order valence-corrected chi connectivity index (χ2v) is 11.7. The highest BCUT2D eigenvalue weighted by Crippen LogP contribution is 2.42. The number of hydrogen-bond donors (Lipinski definition) is 0. The predicted molar refractivity (Wildman–Crippen MR) is 71.1 cm³/mol. The molecule has 2 aliphatic carbocycles. The number of Topliss-reactive ketones (excluding diaryl/α,β-unsaturated/α-hetero) is 1. The van der Waals surface area contributed by atoms with Crippen molar-refractivity contribution in [3.05, 3.63) is 11.3 Å². The zero-order valence-electron chi connectivity index (χ0n) is 10.9. The lowest BCUT2D eigenvalue weighted by molar-refractivity contribution is -0.123. The van der Waals surface area contributed by atoms with Gasteiger partial charge in [0.25, 0.3) is 0 Å². The van der Waals surface area contributed by atoms with Crippen LogP contribution in [-0.2, 0) is 4.79 Å². The first-order valence-corrected chi connectivity index (χ1v) is 10.3. The number of allylic oxidation sites excluding steroid dienone is 1. The number of carbonyl (C=O) groups is 1. The first-order chi connectivity index (χ1) is 7.46. The summed E-state index contributed by atoms with van der Waals surface area (Å²) in [6, 6.07) is 0. The molecular formula is C14H24OSi. The van der Waals surface area contributed by atoms with E-state index in [0.29, 0.717) is 17.6 Å². The number of fused-ring (bicyclic) bond motifs is 1. The standard InChI is InChI=1S/C14H24OSi/c1-16(2,3)10-11-8-12-6-4-5-7-14(15)13(12)9-11/h10,12-13H,4-9H2,1-3H3/b11-10-. The van der Waals surface area contributed by atoms with Crippen LogP contribution in [0.2, 0.25) is 19.6 Å². The van der Waals surface area contributed by atoms with Crippen LogP contribution in [-0.4, -0.2) is 13.9 Å². The van der Waals surface area contributed by atoms with Crippen LogP contribution in [0.3, 0.4) is 0 Å². The fourth-order valence-electron chi connectivity index (χ4n) is 3.31. The summed E-state index contributed by atoms with van der Waals surface area (Å²) in [5.41, 5.74) is 4.14. The maximum atomic E-state index is 12.0. The molecular weight excluding hydrogens is 212 g/mol. The summed E-state index contributed by atoms with van der Waals surface area (Å²) in [6.07, 6.45) is 6.86. The highest BCUT2D eigenvalue weighted by molar-refractivity contribution is 6.81. The molecule has 0 spiro atoms. The summed E-state index contributed by atoms with van der Waals surface area (Å²) < 4.78 is 0. The first-order valence-electron chi connectivity index (χ1n) is 6.69. The van der Waals surface area contributed by atoms with Crippen molar-refractivity contribution in [1.82, 2.24) is 0 Å². The molecule has 0 amide bonds. The largest absolute Gasteiger partial charge is 0.299 e. The van der Waals surface area contributed by atoms with Crippen molar-refractivity contribution >= 4 is 13.9 Å². The molecule has 0 bridgehead atoms. The van der Waals surface area contributed by atoms with Crippen LogP contribution >= 0.6 is 0 Å². The topological polar surface area (TPSA) is 17.1 Å². The van der Waals surface area contributed by atoms with Gasteiger partial charge in [-0.15, -0.1) is 0 Å². The van der Waals surface area contributed by atoms with Crippen molar-refractivity contribution < 1.29 is 4.79 Å². The normalized spacial score (nSPS) is 33.9. The van der Waals surface area contributed by atoms with Crippen LogP contribution in [0, 0.1) is 11.8 Å². The molecule has 0 saturated heterocycles. The maximum Gasteiger partial charge on any atom is 0.136 e. The molecule has 2 fully saturated rings. The SMILES string of the molecule is C[Si](C)(C)/C=C1/CC2CCCCC(=O)C2C1. The van der Waals surface area contributed by atoms with E-state index in [-0.39, 0.29) is 0 Å². The highest BCUT2D eigenvalue weighted by Gasteiger charge is 2.36. The Balaban J connectivity index is 2.11. The van der Waals surface area contributed by atoms with Gasteiger partial charge in [0.15, 0.2) is 0 Å². The Morgan fingerprint density at radius 1 is 1.19 bits per heavy atom. The lowest BCUT2D eigenvalue weighted by Gasteiger charge is -2.12. The average molecular weight is 236 g/mol. The Morgan fingerprint density at radius 3 is 2.62 bits per heavy atom. The third-order valence-electron chi connectivity index (χ3n) is 3.87. The van der Waals surface area contributed by atoms with Gasteiger partial charge in [-0.1, -0.05) is 37.3 Å². The number of ketones is 1. The molecule has 1 nitrogen and oxygen atoms in total. The van der Waals surface area contributed by atoms with Gasteiger partial charge in [-0.2, -0.15) is 0 Å². The molecule has 90 valence electrons. The van der Waals surface area contributed by atoms with Gasteiger partial charge in [0.1, 0.15) is 5.78 Å². The van der Waals surface area contributed by atoms with Crippen molar-refractivity contribution in [1.29, 1.82) is 0 Å². The van der Waals surface area contributed by atoms with Crippen LogP contribution in [0.1, 0.15) is 38.5 Å². The molecule has 2 rings (SSSR count). The predicted octanol–water partition coefficient (Wildman–Crippen LogP) is 3.96. The molecule has 0 radical (unpaired) electrons. The number of carbonyl (C=O) groups excluding carboxylic acids is 1. The minimum absolute atomic E-state index is 0.394. The van der Waals surface area contributed by atoms with Crippen molar-refractivity contribution in [2.75, 3.05) is 0 Å². The van der Waals surface area contributed by atoms with Crippen LogP contribution in [0.4, 0.5) is 0 Å². The van der Waals surface area contributed by atoms with Gasteiger partial charge in [-0.3, -0.25) is 4.79 Å². The monoisotopic (exact) mass is 236 g/mol. The molecule has 2 aliphatic rings. The molecule has 16 heavy (non-hydrogen) atoms. The molecule has 0 heterocycles. The fourth-order valence-corrected chi connectivity index (χ4v) is 4.77. The van der Waals surface area contributed by atoms with Crippen LogP contribution in [0.25, 0.3) is 0 Å². The first kappa shape index (κ1) is 12.1. The van der Waals surface area contributed by atoms with Crippen LogP contribution < -0.4 is 0 Å². The molecule has 0 aliphatic heterocycles. The molecule has 0 N–H and O–H groups in total. The summed E-state index contributed by atoms with van der Waals surface area (Å²) >= 11 is 0. The minimum Gasteiger partial charge on any atom is -0.299 e. The van der Waals surface area contributed by atoms with E-state index in [2.05, 4.69) is 25.3 Å². The summed E-state index contributed by atoms with van der Waals surface area (Å²) in [7, 11) is -1.09. The van der Waals surface area contributed by atoms with E-state index in [0.717, 1.165) is 19.3 Å². The van der Waals surface area contributed by atoms with E-state index in [9.17, 15) is 4.79 Å². The smallest absolute Gasteiger partial charge is 0.136 e. The van der Waals surface area contributed by atoms with Gasteiger partial charge in [0.05, 0.1) is 8.07 Å². The minimum atomic E-state index is -1.09. The molecule has 0 aromatic rings. The van der Waals surface area contributed by atoms with E-state index < -0.39 is 8.07 Å². The highest BCUT2D eigenvalue weighted by atomic mass is 28.3. The lowest BCUT2D eigenvalue weighted by Crippen LogP contribution is -2.17. The van der Waals surface area contributed by atoms with E-state index in [1.165, 1.54) is 19.3 Å². The maximum absolute atomic E-state index is 12.0. The second kappa shape index (κ2) is 4.48. The lowest BCUT2D eigenvalue weighted by atomic mass is 9.91. The van der Waals surface area contributed by atoms with Gasteiger partial charge >= 0.3 is 0 Å². The molecule has 0 aromatic heterocycles. The Kier molecular flexibility index (Phi) is 3.39. The summed E-state index contributed by atoms with van der Waals surface area (Å²) in [5.74, 6) is 1.64. The third kappa shape index (κ3) is 2.85. The second-order valence-electron chi connectivity index (χ2n) is 6.66.